The molecule has 1 saturated heterocycles. The van der Waals surface area contributed by atoms with Gasteiger partial charge in [0.05, 0.1) is 5.52 Å². The monoisotopic (exact) mass is 457 g/mol. The second kappa shape index (κ2) is 9.34. The number of likely N-dealkylation sites (N-methyl/N-ethyl adjacent to an activating group) is 1. The van der Waals surface area contributed by atoms with Crippen LogP contribution in [0.15, 0.2) is 42.5 Å². The van der Waals surface area contributed by atoms with Crippen molar-refractivity contribution in [3.63, 3.8) is 0 Å². The second-order valence-electron chi connectivity index (χ2n) is 7.86. The van der Waals surface area contributed by atoms with Crippen LogP contribution in [0.3, 0.4) is 0 Å². The largest absolute Gasteiger partial charge is 0.358 e. The third-order valence-corrected chi connectivity index (χ3v) is 6.14. The van der Waals surface area contributed by atoms with Crippen LogP contribution in [0.5, 0.6) is 0 Å². The molecule has 0 bridgehead atoms. The Morgan fingerprint density at radius 2 is 1.90 bits per heavy atom. The molecule has 31 heavy (non-hydrogen) atoms. The Balaban J connectivity index is 1.44. The van der Waals surface area contributed by atoms with Gasteiger partial charge in [-0.1, -0.05) is 17.7 Å². The van der Waals surface area contributed by atoms with Gasteiger partial charge in [-0.3, -0.25) is 0 Å². The zero-order chi connectivity index (χ0) is 22.0. The number of rotatable bonds is 4. The van der Waals surface area contributed by atoms with Crippen LogP contribution in [0.4, 0.5) is 15.9 Å². The zero-order valence-electron chi connectivity index (χ0n) is 17.6. The summed E-state index contributed by atoms with van der Waals surface area (Å²) in [6.07, 6.45) is 0. The third-order valence-electron chi connectivity index (χ3n) is 5.54. The fraction of sp³-hybridized carbons (Fsp3) is 0.304. The number of nitrogens with one attached hydrogen (secondary N) is 2. The summed E-state index contributed by atoms with van der Waals surface area (Å²) < 4.78 is 13.2. The van der Waals surface area contributed by atoms with E-state index >= 15 is 0 Å². The normalized spacial score (nSPS) is 14.6. The van der Waals surface area contributed by atoms with Crippen molar-refractivity contribution in [1.29, 1.82) is 0 Å². The number of aryl methyl sites for hydroxylation is 1. The molecule has 0 amide bonds. The average molecular weight is 458 g/mol. The lowest BCUT2D eigenvalue weighted by atomic mass is 10.1. The van der Waals surface area contributed by atoms with Gasteiger partial charge in [0.2, 0.25) is 0 Å². The third kappa shape index (κ3) is 5.23. The Bertz CT molecular complexity index is 1110. The minimum absolute atomic E-state index is 0.356. The Morgan fingerprint density at radius 1 is 1.13 bits per heavy atom. The summed E-state index contributed by atoms with van der Waals surface area (Å²) in [5, 5.41) is 8.25. The van der Waals surface area contributed by atoms with Crippen molar-refractivity contribution in [3.05, 3.63) is 64.4 Å². The Labute approximate surface area is 192 Å². The van der Waals surface area contributed by atoms with Crippen molar-refractivity contribution in [3.8, 4) is 0 Å². The molecule has 2 aromatic carbocycles. The first-order valence-electron chi connectivity index (χ1n) is 10.2. The quantitative estimate of drug-likeness (QED) is 0.559. The van der Waals surface area contributed by atoms with Gasteiger partial charge in [-0.25, -0.2) is 9.37 Å². The molecule has 1 fully saturated rings. The molecule has 8 heteroatoms. The molecule has 2 heterocycles. The summed E-state index contributed by atoms with van der Waals surface area (Å²) in [7, 11) is 2.15. The molecule has 0 unspecified atom stereocenters. The number of aromatic nitrogens is 1. The van der Waals surface area contributed by atoms with E-state index in [4.69, 9.17) is 28.8 Å². The Hall–Kier alpha value is -2.48. The summed E-state index contributed by atoms with van der Waals surface area (Å²) in [5.74, 6) is 0.678. The Morgan fingerprint density at radius 3 is 2.65 bits per heavy atom. The van der Waals surface area contributed by atoms with E-state index in [9.17, 15) is 4.39 Å². The van der Waals surface area contributed by atoms with Gasteiger partial charge in [0.25, 0.3) is 0 Å². The SMILES string of the molecule is Cc1cc(N2CCN(C)CC2)nc2ccc(NC(=S)NCc3ccc(F)cc3Cl)cc12. The highest BCUT2D eigenvalue weighted by molar-refractivity contribution is 7.80. The topological polar surface area (TPSA) is 43.4 Å². The van der Waals surface area contributed by atoms with Gasteiger partial charge in [-0.2, -0.15) is 0 Å². The van der Waals surface area contributed by atoms with Crippen LogP contribution in [0, 0.1) is 12.7 Å². The van der Waals surface area contributed by atoms with E-state index in [0.717, 1.165) is 54.2 Å². The van der Waals surface area contributed by atoms with Crippen molar-refractivity contribution >= 4 is 51.3 Å². The van der Waals surface area contributed by atoms with E-state index in [1.165, 1.54) is 17.7 Å². The lowest BCUT2D eigenvalue weighted by Gasteiger charge is -2.33. The predicted octanol–water partition coefficient (Wildman–Crippen LogP) is 4.57. The number of hydrogen-bond donors (Lipinski definition) is 2. The Kier molecular flexibility index (Phi) is 6.55. The summed E-state index contributed by atoms with van der Waals surface area (Å²) in [6, 6.07) is 12.5. The highest BCUT2D eigenvalue weighted by Crippen LogP contribution is 2.26. The van der Waals surface area contributed by atoms with Crippen LogP contribution in [-0.2, 0) is 6.54 Å². The van der Waals surface area contributed by atoms with Crippen molar-refractivity contribution < 1.29 is 4.39 Å². The number of fused-ring (bicyclic) bond motifs is 1. The zero-order valence-corrected chi connectivity index (χ0v) is 19.2. The first-order chi connectivity index (χ1) is 14.9. The summed E-state index contributed by atoms with van der Waals surface area (Å²) in [5.41, 5.74) is 3.81. The molecule has 3 aromatic rings. The second-order valence-corrected chi connectivity index (χ2v) is 8.68. The highest BCUT2D eigenvalue weighted by Gasteiger charge is 2.16. The van der Waals surface area contributed by atoms with Crippen molar-refractivity contribution in [2.45, 2.75) is 13.5 Å². The van der Waals surface area contributed by atoms with Crippen LogP contribution in [0.2, 0.25) is 5.02 Å². The summed E-state index contributed by atoms with van der Waals surface area (Å²) in [4.78, 5) is 9.57. The first kappa shape index (κ1) is 21.7. The molecule has 0 aliphatic carbocycles. The van der Waals surface area contributed by atoms with E-state index in [0.29, 0.717) is 16.7 Å². The van der Waals surface area contributed by atoms with Crippen molar-refractivity contribution in [2.24, 2.45) is 0 Å². The maximum Gasteiger partial charge on any atom is 0.171 e. The minimum Gasteiger partial charge on any atom is -0.358 e. The van der Waals surface area contributed by atoms with Crippen molar-refractivity contribution in [2.75, 3.05) is 43.4 Å². The lowest BCUT2D eigenvalue weighted by molar-refractivity contribution is 0.312. The maximum atomic E-state index is 13.2. The number of hydrogen-bond acceptors (Lipinski definition) is 4. The number of halogens is 2. The van der Waals surface area contributed by atoms with Gasteiger partial charge in [0, 0.05) is 48.8 Å². The van der Waals surface area contributed by atoms with Gasteiger partial charge in [-0.15, -0.1) is 0 Å². The van der Waals surface area contributed by atoms with Gasteiger partial charge in [0.15, 0.2) is 5.11 Å². The van der Waals surface area contributed by atoms with Crippen LogP contribution in [0.1, 0.15) is 11.1 Å². The molecule has 1 aliphatic heterocycles. The molecule has 4 rings (SSSR count). The fourth-order valence-electron chi connectivity index (χ4n) is 3.67. The van der Waals surface area contributed by atoms with Gasteiger partial charge in [0.1, 0.15) is 11.6 Å². The average Bonchev–Trinajstić information content (AvgIpc) is 2.74. The van der Waals surface area contributed by atoms with E-state index in [1.54, 1.807) is 6.07 Å². The van der Waals surface area contributed by atoms with Gasteiger partial charge in [-0.05, 0) is 73.7 Å². The van der Waals surface area contributed by atoms with Crippen LogP contribution in [0.25, 0.3) is 10.9 Å². The van der Waals surface area contributed by atoms with Crippen molar-refractivity contribution in [1.82, 2.24) is 15.2 Å². The molecule has 5 nitrogen and oxygen atoms in total. The van der Waals surface area contributed by atoms with E-state index in [2.05, 4.69) is 46.5 Å². The van der Waals surface area contributed by atoms with E-state index in [-0.39, 0.29) is 5.82 Å². The molecular formula is C23H25ClFN5S. The van der Waals surface area contributed by atoms with Crippen LogP contribution in [-0.4, -0.2) is 48.2 Å². The smallest absolute Gasteiger partial charge is 0.171 e. The molecule has 2 N–H and O–H groups in total. The molecule has 162 valence electrons. The first-order valence-corrected chi connectivity index (χ1v) is 11.0. The number of benzene rings is 2. The van der Waals surface area contributed by atoms with Crippen LogP contribution >= 0.6 is 23.8 Å². The molecular weight excluding hydrogens is 433 g/mol. The molecule has 0 atom stereocenters. The summed E-state index contributed by atoms with van der Waals surface area (Å²) >= 11 is 11.5. The molecule has 0 saturated carbocycles. The van der Waals surface area contributed by atoms with E-state index < -0.39 is 0 Å². The maximum absolute atomic E-state index is 13.2. The fourth-order valence-corrected chi connectivity index (χ4v) is 4.09. The predicted molar refractivity (Wildman–Crippen MR) is 131 cm³/mol. The number of thiocarbonyl (C=S) groups is 1. The molecule has 0 spiro atoms. The van der Waals surface area contributed by atoms with E-state index in [1.807, 2.05) is 12.1 Å². The number of piperazine rings is 1. The van der Waals surface area contributed by atoms with Gasteiger partial charge < -0.3 is 20.4 Å². The lowest BCUT2D eigenvalue weighted by Crippen LogP contribution is -2.44. The number of pyridine rings is 1. The number of nitrogens with zero attached hydrogens (tertiary/aromatic N) is 3. The standard InChI is InChI=1S/C23H25ClFN5S/c1-15-11-22(30-9-7-29(2)8-10-30)28-21-6-5-18(13-19(15)21)27-23(31)26-14-16-3-4-17(25)12-20(16)24/h3-6,11-13H,7-10,14H2,1-2H3,(H2,26,27,31). The molecule has 1 aliphatic rings. The van der Waals surface area contributed by atoms with Gasteiger partial charge >= 0.3 is 0 Å². The van der Waals surface area contributed by atoms with Crippen LogP contribution < -0.4 is 15.5 Å². The number of anilines is 2. The molecule has 1 aromatic heterocycles. The summed E-state index contributed by atoms with van der Waals surface area (Å²) in [6.45, 7) is 6.61. The highest BCUT2D eigenvalue weighted by atomic mass is 35.5. The molecule has 0 radical (unpaired) electrons. The minimum atomic E-state index is -0.356.